The van der Waals surface area contributed by atoms with Crippen LogP contribution in [0.3, 0.4) is 0 Å². The summed E-state index contributed by atoms with van der Waals surface area (Å²) in [5, 5.41) is 1.94. The lowest BCUT2D eigenvalue weighted by molar-refractivity contribution is 0.542. The molecule has 1 aromatic carbocycles. The predicted molar refractivity (Wildman–Crippen MR) is 54.3 cm³/mol. The zero-order chi connectivity index (χ0) is 9.97. The van der Waals surface area contributed by atoms with Gasteiger partial charge in [-0.3, -0.25) is 9.19 Å². The van der Waals surface area contributed by atoms with Gasteiger partial charge in [0.05, 0.1) is 0 Å². The summed E-state index contributed by atoms with van der Waals surface area (Å²) in [5.74, 6) is 0. The second-order valence-electron chi connectivity index (χ2n) is 2.77. The van der Waals surface area contributed by atoms with Gasteiger partial charge < -0.3 is 9.27 Å². The maximum atomic E-state index is 10.4. The fraction of sp³-hybridized carbons (Fsp3) is 0. The molecule has 0 amide bonds. The van der Waals surface area contributed by atoms with Crippen molar-refractivity contribution in [3.8, 4) is 0 Å². The minimum absolute atomic E-state index is 0.553. The summed E-state index contributed by atoms with van der Waals surface area (Å²) >= 11 is -2.28. The van der Waals surface area contributed by atoms with Gasteiger partial charge in [0, 0.05) is 34.7 Å². The minimum Gasteiger partial charge on any atom is -0.755 e. The number of anilines is 1. The fourth-order valence-electron chi connectivity index (χ4n) is 1.24. The molecule has 0 saturated heterocycles. The zero-order valence-electron chi connectivity index (χ0n) is 7.14. The Bertz CT molecular complexity index is 487. The lowest BCUT2D eigenvalue weighted by Gasteiger charge is -2.08. The van der Waals surface area contributed by atoms with Crippen molar-refractivity contribution in [1.29, 1.82) is 0 Å². The highest BCUT2D eigenvalue weighted by atomic mass is 32.2. The first-order chi connectivity index (χ1) is 6.75. The third-order valence-corrected chi connectivity index (χ3v) is 2.24. The van der Waals surface area contributed by atoms with Crippen molar-refractivity contribution in [2.24, 2.45) is 0 Å². The van der Waals surface area contributed by atoms with E-state index in [1.165, 1.54) is 0 Å². The molecule has 0 aliphatic heterocycles. The van der Waals surface area contributed by atoms with Crippen LogP contribution in [-0.4, -0.2) is 13.7 Å². The van der Waals surface area contributed by atoms with Gasteiger partial charge in [-0.25, -0.2) is 0 Å². The van der Waals surface area contributed by atoms with Gasteiger partial charge in [0.25, 0.3) is 0 Å². The van der Waals surface area contributed by atoms with E-state index in [0.29, 0.717) is 5.69 Å². The number of fused-ring (bicyclic) bond motifs is 1. The Labute approximate surface area is 83.4 Å². The van der Waals surface area contributed by atoms with Crippen LogP contribution in [0, 0.1) is 0 Å². The molecule has 0 spiro atoms. The van der Waals surface area contributed by atoms with Crippen molar-refractivity contribution in [1.82, 2.24) is 4.98 Å². The average Bonchev–Trinajstić information content (AvgIpc) is 2.17. The van der Waals surface area contributed by atoms with Crippen LogP contribution >= 0.6 is 0 Å². The summed E-state index contributed by atoms with van der Waals surface area (Å²) in [6.45, 7) is 0. The van der Waals surface area contributed by atoms with E-state index in [4.69, 9.17) is 0 Å². The van der Waals surface area contributed by atoms with Gasteiger partial charge in [-0.15, -0.1) is 0 Å². The monoisotopic (exact) mass is 207 g/mol. The van der Waals surface area contributed by atoms with Crippen LogP contribution < -0.4 is 4.72 Å². The number of hydrogen-bond donors (Lipinski definition) is 1. The smallest absolute Gasteiger partial charge is 0.0458 e. The van der Waals surface area contributed by atoms with Gasteiger partial charge in [-0.2, -0.15) is 0 Å². The second-order valence-corrected chi connectivity index (χ2v) is 3.45. The number of nitrogens with zero attached hydrogens (tertiary/aromatic N) is 1. The Morgan fingerprint density at radius 3 is 2.93 bits per heavy atom. The first-order valence-electron chi connectivity index (χ1n) is 3.95. The van der Waals surface area contributed by atoms with E-state index in [-0.39, 0.29) is 0 Å². The second kappa shape index (κ2) is 3.73. The summed E-state index contributed by atoms with van der Waals surface area (Å²) in [5.41, 5.74) is 0.553. The van der Waals surface area contributed by atoms with E-state index in [1.807, 2.05) is 12.1 Å². The summed E-state index contributed by atoms with van der Waals surface area (Å²) in [7, 11) is 0. The van der Waals surface area contributed by atoms with Crippen molar-refractivity contribution in [2.45, 2.75) is 0 Å². The largest absolute Gasteiger partial charge is 0.755 e. The van der Waals surface area contributed by atoms with Gasteiger partial charge in [-0.1, -0.05) is 6.07 Å². The normalized spacial score (nSPS) is 12.6. The molecule has 5 heteroatoms. The standard InChI is InChI=1S/C9H8N2O2S/c12-14(13)11-9-2-1-8-6-10-4-3-7(8)5-9/h1-6,11H,(H,12,13)/p-1. The molecule has 2 rings (SSSR count). The van der Waals surface area contributed by atoms with E-state index >= 15 is 0 Å². The maximum Gasteiger partial charge on any atom is 0.0458 e. The number of pyridine rings is 1. The average molecular weight is 207 g/mol. The van der Waals surface area contributed by atoms with Gasteiger partial charge in [-0.05, 0) is 23.6 Å². The molecule has 0 aliphatic carbocycles. The van der Waals surface area contributed by atoms with Gasteiger partial charge >= 0.3 is 0 Å². The fourth-order valence-corrected chi connectivity index (χ4v) is 1.56. The molecule has 0 bridgehead atoms. The van der Waals surface area contributed by atoms with Gasteiger partial charge in [0.1, 0.15) is 0 Å². The topological polar surface area (TPSA) is 65.0 Å². The Kier molecular flexibility index (Phi) is 2.43. The number of benzene rings is 1. The molecule has 0 fully saturated rings. The van der Waals surface area contributed by atoms with E-state index < -0.39 is 11.3 Å². The van der Waals surface area contributed by atoms with Gasteiger partial charge in [0.2, 0.25) is 0 Å². The zero-order valence-corrected chi connectivity index (χ0v) is 7.95. The Morgan fingerprint density at radius 2 is 2.14 bits per heavy atom. The number of hydrogen-bond acceptors (Lipinski definition) is 3. The molecular weight excluding hydrogens is 200 g/mol. The van der Waals surface area contributed by atoms with Crippen LogP contribution in [0.4, 0.5) is 5.69 Å². The molecule has 0 saturated carbocycles. The highest BCUT2D eigenvalue weighted by Crippen LogP contribution is 2.17. The van der Waals surface area contributed by atoms with E-state index in [0.717, 1.165) is 10.8 Å². The Morgan fingerprint density at radius 1 is 1.29 bits per heavy atom. The van der Waals surface area contributed by atoms with Crippen molar-refractivity contribution < 1.29 is 8.76 Å². The third-order valence-electron chi connectivity index (χ3n) is 1.84. The Balaban J connectivity index is 2.46. The predicted octanol–water partition coefficient (Wildman–Crippen LogP) is 1.44. The molecule has 1 heterocycles. The lowest BCUT2D eigenvalue weighted by Crippen LogP contribution is -2.01. The maximum absolute atomic E-state index is 10.4. The van der Waals surface area contributed by atoms with Crippen molar-refractivity contribution in [3.63, 3.8) is 0 Å². The molecule has 1 unspecified atom stereocenters. The van der Waals surface area contributed by atoms with Crippen LogP contribution in [0.15, 0.2) is 36.7 Å². The molecule has 72 valence electrons. The Hall–Kier alpha value is -1.46. The van der Waals surface area contributed by atoms with Crippen molar-refractivity contribution in [3.05, 3.63) is 36.7 Å². The lowest BCUT2D eigenvalue weighted by atomic mass is 10.2. The van der Waals surface area contributed by atoms with E-state index in [2.05, 4.69) is 9.71 Å². The molecule has 1 N–H and O–H groups in total. The van der Waals surface area contributed by atoms with Crippen molar-refractivity contribution in [2.75, 3.05) is 4.72 Å². The molecular formula is C9H7N2O2S-. The highest BCUT2D eigenvalue weighted by molar-refractivity contribution is 7.80. The molecule has 2 aromatic rings. The minimum atomic E-state index is -2.28. The summed E-state index contributed by atoms with van der Waals surface area (Å²) in [4.78, 5) is 3.96. The number of aromatic nitrogens is 1. The van der Waals surface area contributed by atoms with Crippen LogP contribution in [-0.2, 0) is 11.3 Å². The van der Waals surface area contributed by atoms with Crippen molar-refractivity contribution >= 4 is 27.7 Å². The third kappa shape index (κ3) is 1.89. The summed E-state index contributed by atoms with van der Waals surface area (Å²) in [6, 6.07) is 7.10. The van der Waals surface area contributed by atoms with Crippen LogP contribution in [0.1, 0.15) is 0 Å². The van der Waals surface area contributed by atoms with Crippen LogP contribution in [0.25, 0.3) is 10.8 Å². The summed E-state index contributed by atoms with van der Waals surface area (Å²) in [6.07, 6.45) is 3.40. The number of nitrogens with one attached hydrogen (secondary N) is 1. The number of rotatable bonds is 2. The molecule has 1 atom stereocenters. The molecule has 1 aromatic heterocycles. The van der Waals surface area contributed by atoms with Gasteiger partial charge in [0.15, 0.2) is 0 Å². The quantitative estimate of drug-likeness (QED) is 0.758. The molecule has 4 nitrogen and oxygen atoms in total. The van der Waals surface area contributed by atoms with E-state index in [1.54, 1.807) is 24.5 Å². The molecule has 14 heavy (non-hydrogen) atoms. The van der Waals surface area contributed by atoms with Crippen LogP contribution in [0.5, 0.6) is 0 Å². The first-order valence-corrected chi connectivity index (χ1v) is 5.03. The first kappa shape index (κ1) is 9.11. The highest BCUT2D eigenvalue weighted by Gasteiger charge is 1.94. The summed E-state index contributed by atoms with van der Waals surface area (Å²) < 4.78 is 23.1. The van der Waals surface area contributed by atoms with E-state index in [9.17, 15) is 8.76 Å². The van der Waals surface area contributed by atoms with Crippen LogP contribution in [0.2, 0.25) is 0 Å². The molecule has 0 aliphatic rings. The molecule has 0 radical (unpaired) electrons. The SMILES string of the molecule is O=S([O-])Nc1ccc2cnccc2c1.